The lowest BCUT2D eigenvalue weighted by Crippen LogP contribution is -2.30. The molecule has 0 radical (unpaired) electrons. The second-order valence-electron chi connectivity index (χ2n) is 2.81. The maximum atomic E-state index is 7.41. The molecule has 3 heteroatoms. The summed E-state index contributed by atoms with van der Waals surface area (Å²) in [5, 5.41) is 7.41. The van der Waals surface area contributed by atoms with E-state index in [0.29, 0.717) is 19.0 Å². The Balaban J connectivity index is 2.52. The zero-order valence-electron chi connectivity index (χ0n) is 6.89. The Morgan fingerprint density at radius 1 is 1.73 bits per heavy atom. The number of rotatable bonds is 0. The van der Waals surface area contributed by atoms with Gasteiger partial charge >= 0.3 is 0 Å². The van der Waals surface area contributed by atoms with Gasteiger partial charge in [-0.3, -0.25) is 5.41 Å². The molecule has 1 aliphatic heterocycles. The van der Waals surface area contributed by atoms with E-state index < -0.39 is 0 Å². The van der Waals surface area contributed by atoms with Gasteiger partial charge in [-0.15, -0.1) is 0 Å². The van der Waals surface area contributed by atoms with Gasteiger partial charge in [0.2, 0.25) is 0 Å². The van der Waals surface area contributed by atoms with Crippen LogP contribution >= 0.6 is 0 Å². The Morgan fingerprint density at radius 3 is 3.09 bits per heavy atom. The molecule has 0 aromatic carbocycles. The van der Waals surface area contributed by atoms with Crippen molar-refractivity contribution in [3.63, 3.8) is 0 Å². The SMILES string of the molecule is C=C1COCCN(C(C)=N)C1. The Labute approximate surface area is 67.2 Å². The van der Waals surface area contributed by atoms with Gasteiger partial charge in [-0.25, -0.2) is 0 Å². The summed E-state index contributed by atoms with van der Waals surface area (Å²) in [6, 6.07) is 0. The molecule has 62 valence electrons. The Morgan fingerprint density at radius 2 is 2.45 bits per heavy atom. The molecule has 11 heavy (non-hydrogen) atoms. The van der Waals surface area contributed by atoms with Crippen molar-refractivity contribution < 1.29 is 4.74 Å². The minimum atomic E-state index is 0.594. The molecule has 3 nitrogen and oxygen atoms in total. The average molecular weight is 154 g/mol. The maximum absolute atomic E-state index is 7.41. The second kappa shape index (κ2) is 3.53. The van der Waals surface area contributed by atoms with Gasteiger partial charge in [0.1, 0.15) is 0 Å². The van der Waals surface area contributed by atoms with Crippen molar-refractivity contribution >= 4 is 5.84 Å². The van der Waals surface area contributed by atoms with E-state index in [1.165, 1.54) is 0 Å². The highest BCUT2D eigenvalue weighted by Gasteiger charge is 2.10. The zero-order chi connectivity index (χ0) is 8.27. The van der Waals surface area contributed by atoms with Crippen LogP contribution in [0.1, 0.15) is 6.92 Å². The summed E-state index contributed by atoms with van der Waals surface area (Å²) >= 11 is 0. The van der Waals surface area contributed by atoms with Crippen LogP contribution in [0.3, 0.4) is 0 Å². The number of nitrogens with zero attached hydrogens (tertiary/aromatic N) is 1. The normalized spacial score (nSPS) is 19.7. The van der Waals surface area contributed by atoms with Gasteiger partial charge in [-0.1, -0.05) is 6.58 Å². The molecule has 0 saturated carbocycles. The van der Waals surface area contributed by atoms with Crippen molar-refractivity contribution in [1.29, 1.82) is 5.41 Å². The molecule has 1 N–H and O–H groups in total. The highest BCUT2D eigenvalue weighted by atomic mass is 16.5. The van der Waals surface area contributed by atoms with Crippen molar-refractivity contribution in [3.05, 3.63) is 12.2 Å². The Hall–Kier alpha value is -0.830. The van der Waals surface area contributed by atoms with Gasteiger partial charge in [-0.2, -0.15) is 0 Å². The van der Waals surface area contributed by atoms with Crippen molar-refractivity contribution in [3.8, 4) is 0 Å². The van der Waals surface area contributed by atoms with E-state index in [9.17, 15) is 0 Å². The van der Waals surface area contributed by atoms with Crippen LogP contribution in [-0.2, 0) is 4.74 Å². The van der Waals surface area contributed by atoms with Crippen molar-refractivity contribution in [2.75, 3.05) is 26.3 Å². The highest BCUT2D eigenvalue weighted by Crippen LogP contribution is 2.03. The summed E-state index contributed by atoms with van der Waals surface area (Å²) in [6.07, 6.45) is 0. The van der Waals surface area contributed by atoms with Crippen LogP contribution < -0.4 is 0 Å². The first kappa shape index (κ1) is 8.27. The lowest BCUT2D eigenvalue weighted by atomic mass is 10.3. The van der Waals surface area contributed by atoms with Crippen LogP contribution in [0.5, 0.6) is 0 Å². The van der Waals surface area contributed by atoms with Gasteiger partial charge in [0, 0.05) is 13.1 Å². The number of nitrogens with one attached hydrogen (secondary N) is 1. The predicted molar refractivity (Wildman–Crippen MR) is 44.9 cm³/mol. The fourth-order valence-electron chi connectivity index (χ4n) is 1.07. The monoisotopic (exact) mass is 154 g/mol. The zero-order valence-corrected chi connectivity index (χ0v) is 6.89. The van der Waals surface area contributed by atoms with Gasteiger partial charge in [-0.05, 0) is 12.5 Å². The van der Waals surface area contributed by atoms with Crippen molar-refractivity contribution in [2.24, 2.45) is 0 Å². The van der Waals surface area contributed by atoms with Gasteiger partial charge in [0.15, 0.2) is 0 Å². The van der Waals surface area contributed by atoms with Crippen molar-refractivity contribution in [1.82, 2.24) is 4.90 Å². The standard InChI is InChI=1S/C8H14N2O/c1-7-5-10(8(2)9)3-4-11-6-7/h9H,1,3-6H2,2H3. The molecule has 0 unspecified atom stereocenters. The number of hydrogen-bond acceptors (Lipinski definition) is 2. The lowest BCUT2D eigenvalue weighted by molar-refractivity contribution is 0.161. The molecule has 1 aliphatic rings. The lowest BCUT2D eigenvalue weighted by Gasteiger charge is -2.19. The molecular formula is C8H14N2O. The third kappa shape index (κ3) is 2.35. The molecule has 0 amide bonds. The van der Waals surface area contributed by atoms with Crippen LogP contribution in [0.4, 0.5) is 0 Å². The first-order valence-corrected chi connectivity index (χ1v) is 3.74. The van der Waals surface area contributed by atoms with Crippen molar-refractivity contribution in [2.45, 2.75) is 6.92 Å². The Bertz CT molecular complexity index is 177. The smallest absolute Gasteiger partial charge is 0.0929 e. The van der Waals surface area contributed by atoms with Crippen LogP contribution in [0, 0.1) is 5.41 Å². The number of ether oxygens (including phenoxy) is 1. The van der Waals surface area contributed by atoms with E-state index in [1.807, 2.05) is 4.90 Å². The fraction of sp³-hybridized carbons (Fsp3) is 0.625. The minimum Gasteiger partial charge on any atom is -0.375 e. The minimum absolute atomic E-state index is 0.594. The molecule has 0 aliphatic carbocycles. The maximum Gasteiger partial charge on any atom is 0.0929 e. The quantitative estimate of drug-likeness (QED) is 0.319. The third-order valence-corrected chi connectivity index (χ3v) is 1.70. The molecule has 1 rings (SSSR count). The molecule has 0 spiro atoms. The van der Waals surface area contributed by atoms with E-state index in [2.05, 4.69) is 6.58 Å². The highest BCUT2D eigenvalue weighted by molar-refractivity contribution is 5.76. The summed E-state index contributed by atoms with van der Waals surface area (Å²) in [7, 11) is 0. The summed E-state index contributed by atoms with van der Waals surface area (Å²) in [6.45, 7) is 8.57. The fourth-order valence-corrected chi connectivity index (χ4v) is 1.07. The van der Waals surface area contributed by atoms with Gasteiger partial charge in [0.05, 0.1) is 19.0 Å². The first-order chi connectivity index (χ1) is 5.20. The molecular weight excluding hydrogens is 140 g/mol. The molecule has 1 fully saturated rings. The number of amidine groups is 1. The van der Waals surface area contributed by atoms with Crippen LogP contribution in [0.25, 0.3) is 0 Å². The summed E-state index contributed by atoms with van der Waals surface area (Å²) < 4.78 is 5.25. The molecule has 1 saturated heterocycles. The van der Waals surface area contributed by atoms with Crippen LogP contribution in [0.15, 0.2) is 12.2 Å². The summed E-state index contributed by atoms with van der Waals surface area (Å²) in [5.41, 5.74) is 1.05. The van der Waals surface area contributed by atoms with E-state index in [-0.39, 0.29) is 0 Å². The Kier molecular flexibility index (Phi) is 2.65. The van der Waals surface area contributed by atoms with E-state index >= 15 is 0 Å². The van der Waals surface area contributed by atoms with Gasteiger partial charge in [0.25, 0.3) is 0 Å². The molecule has 1 heterocycles. The van der Waals surface area contributed by atoms with Crippen LogP contribution in [-0.4, -0.2) is 37.0 Å². The third-order valence-electron chi connectivity index (χ3n) is 1.70. The second-order valence-corrected chi connectivity index (χ2v) is 2.81. The van der Waals surface area contributed by atoms with Crippen LogP contribution in [0.2, 0.25) is 0 Å². The molecule has 0 bridgehead atoms. The van der Waals surface area contributed by atoms with Gasteiger partial charge < -0.3 is 9.64 Å². The molecule has 0 aromatic rings. The average Bonchev–Trinajstić information content (AvgIpc) is 2.13. The number of hydrogen-bond donors (Lipinski definition) is 1. The summed E-state index contributed by atoms with van der Waals surface area (Å²) in [4.78, 5) is 1.97. The van der Waals surface area contributed by atoms with E-state index in [4.69, 9.17) is 10.1 Å². The molecule has 0 atom stereocenters. The van der Waals surface area contributed by atoms with E-state index in [1.54, 1.807) is 6.92 Å². The first-order valence-electron chi connectivity index (χ1n) is 3.74. The topological polar surface area (TPSA) is 36.3 Å². The van der Waals surface area contributed by atoms with E-state index in [0.717, 1.165) is 18.7 Å². The predicted octanol–water partition coefficient (Wildman–Crippen LogP) is 0.872. The summed E-state index contributed by atoms with van der Waals surface area (Å²) in [5.74, 6) is 0.594. The molecule has 0 aromatic heterocycles. The largest absolute Gasteiger partial charge is 0.375 e.